The lowest BCUT2D eigenvalue weighted by Crippen LogP contribution is -2.66. The van der Waals surface area contributed by atoms with Crippen LogP contribution in [-0.4, -0.2) is 88.6 Å². The second kappa shape index (κ2) is 34.1. The summed E-state index contributed by atoms with van der Waals surface area (Å²) in [7, 11) is -2.54. The molecule has 2 aromatic rings. The summed E-state index contributed by atoms with van der Waals surface area (Å²) in [6, 6.07) is 21.9. The number of unbranched alkanes of at least 4 members (excludes halogenated alkanes) is 17. The van der Waals surface area contributed by atoms with Gasteiger partial charge in [-0.2, -0.15) is 0 Å². The zero-order chi connectivity index (χ0) is 50.3. The van der Waals surface area contributed by atoms with Gasteiger partial charge in [0.1, 0.15) is 13.2 Å². The van der Waals surface area contributed by atoms with E-state index in [2.05, 4.69) is 119 Å². The molecule has 2 aliphatic heterocycles. The Morgan fingerprint density at radius 1 is 0.543 bits per heavy atom. The Morgan fingerprint density at radius 2 is 0.957 bits per heavy atom. The lowest BCUT2D eigenvalue weighted by Gasteiger charge is -2.43. The van der Waals surface area contributed by atoms with Crippen molar-refractivity contribution in [1.82, 2.24) is 9.80 Å². The normalized spacial score (nSPS) is 16.9. The van der Waals surface area contributed by atoms with Gasteiger partial charge in [0.05, 0.1) is 17.9 Å². The number of carbonyl (C=O) groups is 2. The van der Waals surface area contributed by atoms with Crippen molar-refractivity contribution in [3.63, 3.8) is 0 Å². The number of hydrogen-bond donors (Lipinski definition) is 0. The van der Waals surface area contributed by atoms with E-state index >= 15 is 0 Å². The number of benzene rings is 2. The molecule has 2 aromatic carbocycles. The highest BCUT2D eigenvalue weighted by Crippen LogP contribution is 2.41. The first kappa shape index (κ1) is 60.0. The Kier molecular flexibility index (Phi) is 29.2. The van der Waals surface area contributed by atoms with Gasteiger partial charge in [0.2, 0.25) is 0 Å². The molecule has 1 atom stereocenters. The Morgan fingerprint density at radius 3 is 1.37 bits per heavy atom. The van der Waals surface area contributed by atoms with Crippen LogP contribution in [0, 0.1) is 17.3 Å². The molecule has 4 rings (SSSR count). The van der Waals surface area contributed by atoms with Crippen LogP contribution in [0.4, 0.5) is 0 Å². The number of hydrogen-bond acceptors (Lipinski definition) is 7. The molecule has 8 heteroatoms. The minimum atomic E-state index is -2.54. The fraction of sp³-hybridized carbons (Fsp3) is 0.774. The smallest absolute Gasteiger partial charge is 0.308 e. The molecule has 0 bridgehead atoms. The molecule has 0 saturated carbocycles. The summed E-state index contributed by atoms with van der Waals surface area (Å²) in [5.74, 6) is -0.142. The summed E-state index contributed by atoms with van der Waals surface area (Å²) in [6.45, 7) is 22.7. The maximum atomic E-state index is 14.1. The predicted octanol–water partition coefficient (Wildman–Crippen LogP) is 14.9. The van der Waals surface area contributed by atoms with E-state index in [-0.39, 0.29) is 40.3 Å². The van der Waals surface area contributed by atoms with Crippen molar-refractivity contribution in [2.45, 2.75) is 239 Å². The van der Waals surface area contributed by atoms with E-state index in [4.69, 9.17) is 13.9 Å². The number of rotatable bonds is 39. The zero-order valence-electron chi connectivity index (χ0n) is 46.4. The number of ether oxygens (including phenoxy) is 2. The first-order valence-corrected chi connectivity index (χ1v) is 31.5. The fourth-order valence-electron chi connectivity index (χ4n) is 11.8. The second-order valence-corrected chi connectivity index (χ2v) is 27.4. The van der Waals surface area contributed by atoms with Crippen LogP contribution in [0.3, 0.4) is 0 Å². The molecule has 2 heterocycles. The standard InChI is InChI=1S/C62H106N2O5Si/c1-8-12-16-20-26-36-54(37-27-21-17-13-9-2)59(65)67-50-56(51-68-60(66)55(38-28-22-18-14-10-3)39-29-23-19-15-11-4)64-48-45-62(53-64)44-47-63(52-62)46-34-35-49-69-70(61(5,6)7,57-40-30-24-31-41-57)58-42-32-25-33-43-58/h24-25,30-33,40-43,54-56H,8-23,26-29,34-39,44-53H2,1-7H3. The number of likely N-dealkylation sites (tertiary alicyclic amines) is 2. The largest absolute Gasteiger partial charge is 0.464 e. The van der Waals surface area contributed by atoms with Gasteiger partial charge in [-0.15, -0.1) is 0 Å². The van der Waals surface area contributed by atoms with Gasteiger partial charge >= 0.3 is 11.9 Å². The van der Waals surface area contributed by atoms with Crippen LogP contribution in [0.25, 0.3) is 0 Å². The fourth-order valence-corrected chi connectivity index (χ4v) is 16.5. The molecule has 0 amide bonds. The minimum Gasteiger partial charge on any atom is -0.464 e. The molecular formula is C62H106N2O5Si. The number of nitrogens with zero attached hydrogens (tertiary/aromatic N) is 2. The molecule has 7 nitrogen and oxygen atoms in total. The molecule has 2 aliphatic rings. The van der Waals surface area contributed by atoms with Gasteiger partial charge in [0.15, 0.2) is 0 Å². The van der Waals surface area contributed by atoms with Crippen molar-refractivity contribution in [1.29, 1.82) is 0 Å². The first-order chi connectivity index (χ1) is 34.0. The molecule has 70 heavy (non-hydrogen) atoms. The van der Waals surface area contributed by atoms with E-state index in [1.54, 1.807) is 0 Å². The maximum Gasteiger partial charge on any atom is 0.308 e. The first-order valence-electron chi connectivity index (χ1n) is 29.6. The van der Waals surface area contributed by atoms with Crippen LogP contribution < -0.4 is 10.4 Å². The van der Waals surface area contributed by atoms with Crippen LogP contribution in [0.2, 0.25) is 5.04 Å². The van der Waals surface area contributed by atoms with E-state index in [0.29, 0.717) is 13.2 Å². The maximum absolute atomic E-state index is 14.1. The number of carbonyl (C=O) groups excluding carboxylic acids is 2. The van der Waals surface area contributed by atoms with E-state index in [1.165, 1.54) is 120 Å². The molecule has 1 unspecified atom stereocenters. The molecular weight excluding hydrogens is 881 g/mol. The quantitative estimate of drug-likeness (QED) is 0.0375. The van der Waals surface area contributed by atoms with Gasteiger partial charge in [-0.1, -0.05) is 238 Å². The SMILES string of the molecule is CCCCCCCC(CCCCCCC)C(=O)OCC(COC(=O)C(CCCCCCC)CCCCCCC)N1CCC2(CCN(CCCCO[Si](c3ccccc3)(c3ccccc3)C(C)(C)C)C2)C1. The molecule has 2 fully saturated rings. The second-order valence-electron chi connectivity index (χ2n) is 23.1. The van der Waals surface area contributed by atoms with Crippen molar-refractivity contribution in [3.8, 4) is 0 Å². The molecule has 398 valence electrons. The average Bonchev–Trinajstić information content (AvgIpc) is 3.98. The van der Waals surface area contributed by atoms with E-state index in [0.717, 1.165) is 110 Å². The van der Waals surface area contributed by atoms with Crippen LogP contribution in [0.5, 0.6) is 0 Å². The Hall–Kier alpha value is -2.52. The monoisotopic (exact) mass is 987 g/mol. The van der Waals surface area contributed by atoms with Crippen molar-refractivity contribution in [2.24, 2.45) is 17.3 Å². The van der Waals surface area contributed by atoms with Crippen LogP contribution in [0.1, 0.15) is 228 Å². The average molecular weight is 988 g/mol. The third kappa shape index (κ3) is 20.4. The third-order valence-corrected chi connectivity index (χ3v) is 21.3. The van der Waals surface area contributed by atoms with Gasteiger partial charge in [-0.05, 0) is 91.8 Å². The summed E-state index contributed by atoms with van der Waals surface area (Å²) < 4.78 is 20.0. The molecule has 0 N–H and O–H groups in total. The van der Waals surface area contributed by atoms with Crippen LogP contribution in [0.15, 0.2) is 60.7 Å². The molecule has 0 aliphatic carbocycles. The zero-order valence-corrected chi connectivity index (χ0v) is 47.4. The summed E-state index contributed by atoms with van der Waals surface area (Å²) in [4.78, 5) is 33.4. The molecule has 0 radical (unpaired) electrons. The predicted molar refractivity (Wildman–Crippen MR) is 299 cm³/mol. The lowest BCUT2D eigenvalue weighted by molar-refractivity contribution is -0.155. The summed E-state index contributed by atoms with van der Waals surface area (Å²) >= 11 is 0. The van der Waals surface area contributed by atoms with E-state index in [1.807, 2.05) is 0 Å². The highest BCUT2D eigenvalue weighted by molar-refractivity contribution is 6.99. The molecule has 2 saturated heterocycles. The number of esters is 2. The lowest BCUT2D eigenvalue weighted by atomic mass is 9.86. The van der Waals surface area contributed by atoms with Crippen molar-refractivity contribution < 1.29 is 23.5 Å². The van der Waals surface area contributed by atoms with Crippen LogP contribution in [-0.2, 0) is 23.5 Å². The summed E-state index contributed by atoms with van der Waals surface area (Å²) in [5.41, 5.74) is 0.219. The van der Waals surface area contributed by atoms with Crippen molar-refractivity contribution in [2.75, 3.05) is 52.5 Å². The molecule has 1 spiro atoms. The third-order valence-electron chi connectivity index (χ3n) is 16.2. The summed E-state index contributed by atoms with van der Waals surface area (Å²) in [6.07, 6.45) is 32.2. The topological polar surface area (TPSA) is 68.3 Å². The minimum absolute atomic E-state index is 0.0210. The highest BCUT2D eigenvalue weighted by Gasteiger charge is 2.50. The Labute approximate surface area is 431 Å². The summed E-state index contributed by atoms with van der Waals surface area (Å²) in [5, 5.41) is 2.66. The highest BCUT2D eigenvalue weighted by atomic mass is 28.4. The van der Waals surface area contributed by atoms with Crippen molar-refractivity contribution >= 4 is 30.6 Å². The van der Waals surface area contributed by atoms with Gasteiger partial charge in [0, 0.05) is 19.7 Å². The van der Waals surface area contributed by atoms with E-state index < -0.39 is 8.32 Å². The molecule has 0 aromatic heterocycles. The van der Waals surface area contributed by atoms with E-state index in [9.17, 15) is 9.59 Å². The van der Waals surface area contributed by atoms with Crippen molar-refractivity contribution in [3.05, 3.63) is 60.7 Å². The Bertz CT molecular complexity index is 1540. The van der Waals surface area contributed by atoms with Gasteiger partial charge in [-0.3, -0.25) is 14.5 Å². The van der Waals surface area contributed by atoms with Crippen LogP contribution >= 0.6 is 0 Å². The van der Waals surface area contributed by atoms with Gasteiger partial charge in [-0.25, -0.2) is 0 Å². The van der Waals surface area contributed by atoms with Gasteiger partial charge < -0.3 is 18.8 Å². The Balaban J connectivity index is 1.40. The van der Waals surface area contributed by atoms with Gasteiger partial charge in [0.25, 0.3) is 8.32 Å².